The maximum Gasteiger partial charge on any atom is 0.337 e. The van der Waals surface area contributed by atoms with Gasteiger partial charge in [-0.25, -0.2) is 4.79 Å². The Morgan fingerprint density at radius 3 is 1.85 bits per heavy atom. The second-order valence-electron chi connectivity index (χ2n) is 7.56. The summed E-state index contributed by atoms with van der Waals surface area (Å²) >= 11 is 0. The van der Waals surface area contributed by atoms with Crippen LogP contribution in [-0.4, -0.2) is 24.2 Å². The van der Waals surface area contributed by atoms with Crippen molar-refractivity contribution in [3.8, 4) is 0 Å². The SMILES string of the molecule is CCCCC(CC)CN(CC(CC)CCCC)c1ccccc1C(=O)O. The summed E-state index contributed by atoms with van der Waals surface area (Å²) < 4.78 is 0. The van der Waals surface area contributed by atoms with E-state index in [9.17, 15) is 9.90 Å². The number of aromatic carboxylic acids is 1. The van der Waals surface area contributed by atoms with Crippen molar-refractivity contribution in [2.45, 2.75) is 79.1 Å². The van der Waals surface area contributed by atoms with Gasteiger partial charge in [0.1, 0.15) is 0 Å². The fraction of sp³-hybridized carbons (Fsp3) is 0.696. The van der Waals surface area contributed by atoms with Gasteiger partial charge in [0.2, 0.25) is 0 Å². The lowest BCUT2D eigenvalue weighted by atomic mass is 9.95. The standard InChI is InChI=1S/C23H39NO2/c1-5-9-13-19(7-3)17-24(18-20(8-4)14-10-6-2)22-16-12-11-15-21(22)23(25)26/h11-12,15-16,19-20H,5-10,13-14,17-18H2,1-4H3,(H,25,26). The third-order valence-electron chi connectivity index (χ3n) is 5.52. The molecule has 0 bridgehead atoms. The predicted octanol–water partition coefficient (Wildman–Crippen LogP) is 6.62. The third kappa shape index (κ3) is 7.39. The van der Waals surface area contributed by atoms with Crippen LogP contribution >= 0.6 is 0 Å². The van der Waals surface area contributed by atoms with Crippen LogP contribution < -0.4 is 4.90 Å². The fourth-order valence-electron chi connectivity index (χ4n) is 3.66. The first kappa shape index (κ1) is 22.5. The highest BCUT2D eigenvalue weighted by Gasteiger charge is 2.21. The monoisotopic (exact) mass is 361 g/mol. The zero-order valence-electron chi connectivity index (χ0n) is 17.3. The molecule has 2 atom stereocenters. The first-order valence-electron chi connectivity index (χ1n) is 10.6. The van der Waals surface area contributed by atoms with Gasteiger partial charge in [0.15, 0.2) is 0 Å². The van der Waals surface area contributed by atoms with Crippen molar-refractivity contribution >= 4 is 11.7 Å². The minimum atomic E-state index is -0.825. The van der Waals surface area contributed by atoms with Gasteiger partial charge < -0.3 is 10.0 Å². The quantitative estimate of drug-likeness (QED) is 0.404. The molecule has 0 saturated heterocycles. The molecular formula is C23H39NO2. The lowest BCUT2D eigenvalue weighted by molar-refractivity contribution is 0.0697. The van der Waals surface area contributed by atoms with Crippen molar-refractivity contribution < 1.29 is 9.90 Å². The van der Waals surface area contributed by atoms with Crippen LogP contribution in [-0.2, 0) is 0 Å². The molecule has 2 unspecified atom stereocenters. The number of carboxylic acids is 1. The van der Waals surface area contributed by atoms with E-state index in [1.54, 1.807) is 6.07 Å². The molecular weight excluding hydrogens is 322 g/mol. The first-order chi connectivity index (χ1) is 12.6. The van der Waals surface area contributed by atoms with Crippen LogP contribution in [0.15, 0.2) is 24.3 Å². The van der Waals surface area contributed by atoms with E-state index in [2.05, 4.69) is 32.6 Å². The second kappa shape index (κ2) is 12.8. The number of anilines is 1. The van der Waals surface area contributed by atoms with Gasteiger partial charge in [0.05, 0.1) is 11.3 Å². The van der Waals surface area contributed by atoms with Crippen molar-refractivity contribution in [2.24, 2.45) is 11.8 Å². The molecule has 0 aliphatic heterocycles. The molecule has 1 N–H and O–H groups in total. The molecule has 1 aromatic rings. The van der Waals surface area contributed by atoms with Gasteiger partial charge >= 0.3 is 5.97 Å². The Balaban J connectivity index is 3.06. The number of para-hydroxylation sites is 1. The minimum absolute atomic E-state index is 0.434. The summed E-state index contributed by atoms with van der Waals surface area (Å²) in [6.07, 6.45) is 9.69. The summed E-state index contributed by atoms with van der Waals surface area (Å²) in [7, 11) is 0. The van der Waals surface area contributed by atoms with Gasteiger partial charge in [0, 0.05) is 13.1 Å². The molecule has 0 saturated carbocycles. The highest BCUT2D eigenvalue weighted by atomic mass is 16.4. The van der Waals surface area contributed by atoms with Crippen molar-refractivity contribution in [3.63, 3.8) is 0 Å². The van der Waals surface area contributed by atoms with Crippen LogP contribution in [0.25, 0.3) is 0 Å². The summed E-state index contributed by atoms with van der Waals surface area (Å²) in [6, 6.07) is 7.52. The number of carboxylic acid groups (broad SMARTS) is 1. The lowest BCUT2D eigenvalue weighted by Crippen LogP contribution is -2.35. The topological polar surface area (TPSA) is 40.5 Å². The Morgan fingerprint density at radius 1 is 0.923 bits per heavy atom. The van der Waals surface area contributed by atoms with E-state index in [0.29, 0.717) is 17.4 Å². The molecule has 26 heavy (non-hydrogen) atoms. The van der Waals surface area contributed by atoms with E-state index < -0.39 is 5.97 Å². The molecule has 0 aliphatic carbocycles. The third-order valence-corrected chi connectivity index (χ3v) is 5.52. The molecule has 3 nitrogen and oxygen atoms in total. The summed E-state index contributed by atoms with van der Waals surface area (Å²) in [4.78, 5) is 14.1. The Hall–Kier alpha value is -1.51. The van der Waals surface area contributed by atoms with Crippen molar-refractivity contribution in [3.05, 3.63) is 29.8 Å². The van der Waals surface area contributed by atoms with Crippen LogP contribution in [0.2, 0.25) is 0 Å². The summed E-state index contributed by atoms with van der Waals surface area (Å²) in [5.74, 6) is 0.426. The Morgan fingerprint density at radius 2 is 1.42 bits per heavy atom. The second-order valence-corrected chi connectivity index (χ2v) is 7.56. The van der Waals surface area contributed by atoms with Gasteiger partial charge in [-0.1, -0.05) is 78.4 Å². The molecule has 148 valence electrons. The molecule has 0 heterocycles. The number of rotatable bonds is 14. The summed E-state index contributed by atoms with van der Waals surface area (Å²) in [6.45, 7) is 10.9. The van der Waals surface area contributed by atoms with Gasteiger partial charge in [-0.15, -0.1) is 0 Å². The summed E-state index contributed by atoms with van der Waals surface area (Å²) in [5, 5.41) is 9.65. The maximum atomic E-state index is 11.8. The van der Waals surface area contributed by atoms with E-state index >= 15 is 0 Å². The molecule has 0 aliphatic rings. The molecule has 1 aromatic carbocycles. The van der Waals surface area contributed by atoms with Crippen LogP contribution in [0, 0.1) is 11.8 Å². The van der Waals surface area contributed by atoms with E-state index in [1.807, 2.05) is 18.2 Å². The van der Waals surface area contributed by atoms with Crippen LogP contribution in [0.3, 0.4) is 0 Å². The number of benzene rings is 1. The number of carbonyl (C=O) groups is 1. The van der Waals surface area contributed by atoms with Gasteiger partial charge in [-0.05, 0) is 36.8 Å². The molecule has 0 fully saturated rings. The summed E-state index contributed by atoms with van der Waals surface area (Å²) in [5.41, 5.74) is 1.33. The molecule has 3 heteroatoms. The maximum absolute atomic E-state index is 11.8. The molecule has 1 rings (SSSR count). The Bertz CT molecular complexity index is 497. The number of hydrogen-bond donors (Lipinski definition) is 1. The number of unbranched alkanes of at least 4 members (excludes halogenated alkanes) is 2. The Labute approximate surface area is 160 Å². The van der Waals surface area contributed by atoms with Crippen molar-refractivity contribution in [1.29, 1.82) is 0 Å². The number of nitrogens with zero attached hydrogens (tertiary/aromatic N) is 1. The van der Waals surface area contributed by atoms with Crippen LogP contribution in [0.4, 0.5) is 5.69 Å². The minimum Gasteiger partial charge on any atom is -0.478 e. The van der Waals surface area contributed by atoms with Crippen LogP contribution in [0.1, 0.15) is 89.4 Å². The van der Waals surface area contributed by atoms with E-state index in [0.717, 1.165) is 31.6 Å². The van der Waals surface area contributed by atoms with Crippen LogP contribution in [0.5, 0.6) is 0 Å². The average molecular weight is 362 g/mol. The van der Waals surface area contributed by atoms with Gasteiger partial charge in [-0.2, -0.15) is 0 Å². The van der Waals surface area contributed by atoms with Crippen molar-refractivity contribution in [2.75, 3.05) is 18.0 Å². The smallest absolute Gasteiger partial charge is 0.337 e. The van der Waals surface area contributed by atoms with Gasteiger partial charge in [-0.3, -0.25) is 0 Å². The average Bonchev–Trinajstić information content (AvgIpc) is 2.66. The van der Waals surface area contributed by atoms with E-state index in [4.69, 9.17) is 0 Å². The highest BCUT2D eigenvalue weighted by Crippen LogP contribution is 2.27. The molecule has 0 aromatic heterocycles. The van der Waals surface area contributed by atoms with E-state index in [1.165, 1.54) is 38.5 Å². The van der Waals surface area contributed by atoms with Gasteiger partial charge in [0.25, 0.3) is 0 Å². The zero-order valence-corrected chi connectivity index (χ0v) is 17.3. The normalized spacial score (nSPS) is 13.4. The molecule has 0 radical (unpaired) electrons. The number of hydrogen-bond acceptors (Lipinski definition) is 2. The Kier molecular flexibility index (Phi) is 11.1. The highest BCUT2D eigenvalue weighted by molar-refractivity contribution is 5.94. The molecule has 0 amide bonds. The molecule has 0 spiro atoms. The fourth-order valence-corrected chi connectivity index (χ4v) is 3.66. The van der Waals surface area contributed by atoms with E-state index in [-0.39, 0.29) is 0 Å². The lowest BCUT2D eigenvalue weighted by Gasteiger charge is -2.33. The first-order valence-corrected chi connectivity index (χ1v) is 10.6. The zero-order chi connectivity index (χ0) is 19.4. The van der Waals surface area contributed by atoms with Crippen molar-refractivity contribution in [1.82, 2.24) is 0 Å². The largest absolute Gasteiger partial charge is 0.478 e. The predicted molar refractivity (Wildman–Crippen MR) is 112 cm³/mol.